The highest BCUT2D eigenvalue weighted by atomic mass is 79.9. The lowest BCUT2D eigenvalue weighted by atomic mass is 10.3. The van der Waals surface area contributed by atoms with Crippen LogP contribution in [0, 0.1) is 12.3 Å². The van der Waals surface area contributed by atoms with Crippen molar-refractivity contribution in [2.24, 2.45) is 5.73 Å². The van der Waals surface area contributed by atoms with Gasteiger partial charge in [-0.3, -0.25) is 5.41 Å². The van der Waals surface area contributed by atoms with Crippen LogP contribution in [0.1, 0.15) is 25.0 Å². The van der Waals surface area contributed by atoms with Crippen molar-refractivity contribution in [3.63, 3.8) is 0 Å². The maximum atomic E-state index is 7.31. The van der Waals surface area contributed by atoms with Crippen LogP contribution in [-0.4, -0.2) is 23.4 Å². The van der Waals surface area contributed by atoms with E-state index in [4.69, 9.17) is 11.1 Å². The zero-order chi connectivity index (χ0) is 12.4. The first kappa shape index (κ1) is 12.4. The van der Waals surface area contributed by atoms with E-state index in [9.17, 15) is 0 Å². The molecule has 0 spiro atoms. The molecule has 1 saturated carbocycles. The Morgan fingerprint density at radius 2 is 2.29 bits per heavy atom. The lowest BCUT2D eigenvalue weighted by Gasteiger charge is -2.23. The molecule has 1 heterocycles. The lowest BCUT2D eigenvalue weighted by molar-refractivity contribution is 0.779. The molecule has 0 saturated heterocycles. The predicted molar refractivity (Wildman–Crippen MR) is 73.6 cm³/mol. The van der Waals surface area contributed by atoms with Crippen LogP contribution < -0.4 is 10.6 Å². The molecule has 0 aromatic carbocycles. The first-order valence-electron chi connectivity index (χ1n) is 5.80. The van der Waals surface area contributed by atoms with Crippen LogP contribution in [0.15, 0.2) is 16.6 Å². The number of anilines is 1. The van der Waals surface area contributed by atoms with E-state index in [2.05, 4.69) is 25.8 Å². The molecule has 0 unspecified atom stereocenters. The van der Waals surface area contributed by atoms with Crippen molar-refractivity contribution in [1.82, 2.24) is 4.98 Å². The van der Waals surface area contributed by atoms with Gasteiger partial charge in [-0.05, 0) is 47.8 Å². The van der Waals surface area contributed by atoms with Crippen molar-refractivity contribution in [3.8, 4) is 0 Å². The Balaban J connectivity index is 2.14. The fraction of sp³-hybridized carbons (Fsp3) is 0.500. The first-order valence-corrected chi connectivity index (χ1v) is 6.60. The highest BCUT2D eigenvalue weighted by molar-refractivity contribution is 9.10. The van der Waals surface area contributed by atoms with Crippen LogP contribution in [-0.2, 0) is 0 Å². The molecule has 2 rings (SSSR count). The molecule has 0 atom stereocenters. The van der Waals surface area contributed by atoms with Gasteiger partial charge in [0, 0.05) is 23.5 Å². The minimum Gasteiger partial charge on any atom is -0.388 e. The van der Waals surface area contributed by atoms with Crippen molar-refractivity contribution < 1.29 is 0 Å². The van der Waals surface area contributed by atoms with Crippen LogP contribution >= 0.6 is 15.9 Å². The summed E-state index contributed by atoms with van der Waals surface area (Å²) in [5.74, 6) is 1.24. The number of pyridine rings is 1. The Labute approximate surface area is 110 Å². The number of hydrogen-bond acceptors (Lipinski definition) is 3. The number of rotatable bonds is 5. The average Bonchev–Trinajstić information content (AvgIpc) is 3.07. The molecule has 92 valence electrons. The molecule has 1 aromatic rings. The smallest absolute Gasteiger partial charge is 0.129 e. The second-order valence-electron chi connectivity index (χ2n) is 4.44. The normalized spacial score (nSPS) is 14.7. The standard InChI is InChI=1S/C12H17BrN4/c1-8-10(13)4-5-12(16-8)17(9-2-3-9)7-6-11(14)15/h4-5,9H,2-3,6-7H2,1H3,(H3,14,15). The van der Waals surface area contributed by atoms with E-state index in [0.717, 1.165) is 22.5 Å². The zero-order valence-corrected chi connectivity index (χ0v) is 11.5. The fourth-order valence-electron chi connectivity index (χ4n) is 1.80. The van der Waals surface area contributed by atoms with Crippen LogP contribution in [0.2, 0.25) is 0 Å². The number of aryl methyl sites for hydroxylation is 1. The minimum atomic E-state index is 0.240. The summed E-state index contributed by atoms with van der Waals surface area (Å²) in [6, 6.07) is 4.64. The third-order valence-corrected chi connectivity index (χ3v) is 3.75. The molecule has 5 heteroatoms. The van der Waals surface area contributed by atoms with Gasteiger partial charge in [0.05, 0.1) is 11.5 Å². The SMILES string of the molecule is Cc1nc(N(CCC(=N)N)C2CC2)ccc1Br. The van der Waals surface area contributed by atoms with Gasteiger partial charge in [-0.15, -0.1) is 0 Å². The Kier molecular flexibility index (Phi) is 3.66. The van der Waals surface area contributed by atoms with Gasteiger partial charge in [-0.1, -0.05) is 0 Å². The summed E-state index contributed by atoms with van der Waals surface area (Å²) >= 11 is 3.46. The average molecular weight is 297 g/mol. The molecule has 4 nitrogen and oxygen atoms in total. The first-order chi connectivity index (χ1) is 8.08. The van der Waals surface area contributed by atoms with Gasteiger partial charge in [0.2, 0.25) is 0 Å². The number of hydrogen-bond donors (Lipinski definition) is 2. The van der Waals surface area contributed by atoms with E-state index in [1.54, 1.807) is 0 Å². The molecule has 0 amide bonds. The van der Waals surface area contributed by atoms with E-state index in [-0.39, 0.29) is 5.84 Å². The Hall–Kier alpha value is -1.10. The van der Waals surface area contributed by atoms with Gasteiger partial charge in [0.1, 0.15) is 5.82 Å². The summed E-state index contributed by atoms with van der Waals surface area (Å²) in [6.45, 7) is 2.78. The Bertz CT molecular complexity index is 429. The third kappa shape index (κ3) is 3.19. The fourth-order valence-corrected chi connectivity index (χ4v) is 2.02. The molecule has 0 aliphatic heterocycles. The molecule has 17 heavy (non-hydrogen) atoms. The monoisotopic (exact) mass is 296 g/mol. The van der Waals surface area contributed by atoms with Crippen molar-refractivity contribution >= 4 is 27.6 Å². The van der Waals surface area contributed by atoms with Gasteiger partial charge < -0.3 is 10.6 Å². The Morgan fingerprint density at radius 3 is 2.82 bits per heavy atom. The number of halogens is 1. The molecular formula is C12H17BrN4. The molecule has 1 aromatic heterocycles. The highest BCUT2D eigenvalue weighted by Crippen LogP contribution is 2.31. The maximum absolute atomic E-state index is 7.31. The van der Waals surface area contributed by atoms with Gasteiger partial charge in [0.15, 0.2) is 0 Å². The van der Waals surface area contributed by atoms with Crippen LogP contribution in [0.5, 0.6) is 0 Å². The summed E-state index contributed by atoms with van der Waals surface area (Å²) in [5, 5.41) is 7.31. The number of amidine groups is 1. The molecule has 1 fully saturated rings. The van der Waals surface area contributed by atoms with Gasteiger partial charge in [-0.25, -0.2) is 4.98 Å². The summed E-state index contributed by atoms with van der Waals surface area (Å²) < 4.78 is 1.03. The van der Waals surface area contributed by atoms with E-state index in [1.165, 1.54) is 12.8 Å². The van der Waals surface area contributed by atoms with Gasteiger partial charge in [0.25, 0.3) is 0 Å². The summed E-state index contributed by atoms with van der Waals surface area (Å²) in [6.07, 6.45) is 3.04. The predicted octanol–water partition coefficient (Wildman–Crippen LogP) is 2.45. The third-order valence-electron chi connectivity index (χ3n) is 2.91. The van der Waals surface area contributed by atoms with E-state index in [0.29, 0.717) is 12.5 Å². The summed E-state index contributed by atoms with van der Waals surface area (Å²) in [5.41, 5.74) is 6.42. The molecule has 0 radical (unpaired) electrons. The van der Waals surface area contributed by atoms with Crippen LogP contribution in [0.25, 0.3) is 0 Å². The van der Waals surface area contributed by atoms with Gasteiger partial charge >= 0.3 is 0 Å². The number of aromatic nitrogens is 1. The second-order valence-corrected chi connectivity index (χ2v) is 5.29. The zero-order valence-electron chi connectivity index (χ0n) is 9.91. The largest absolute Gasteiger partial charge is 0.388 e. The van der Waals surface area contributed by atoms with Crippen molar-refractivity contribution in [1.29, 1.82) is 5.41 Å². The molecule has 1 aliphatic carbocycles. The van der Waals surface area contributed by atoms with Gasteiger partial charge in [-0.2, -0.15) is 0 Å². The lowest BCUT2D eigenvalue weighted by Crippen LogP contribution is -2.30. The van der Waals surface area contributed by atoms with E-state index >= 15 is 0 Å². The summed E-state index contributed by atoms with van der Waals surface area (Å²) in [7, 11) is 0. The molecule has 3 N–H and O–H groups in total. The minimum absolute atomic E-state index is 0.240. The van der Waals surface area contributed by atoms with Crippen molar-refractivity contribution in [2.45, 2.75) is 32.2 Å². The second kappa shape index (κ2) is 5.04. The summed E-state index contributed by atoms with van der Waals surface area (Å²) in [4.78, 5) is 6.84. The van der Waals surface area contributed by atoms with E-state index in [1.807, 2.05) is 19.1 Å². The quantitative estimate of drug-likeness (QED) is 0.648. The topological polar surface area (TPSA) is 66.0 Å². The van der Waals surface area contributed by atoms with Crippen molar-refractivity contribution in [2.75, 3.05) is 11.4 Å². The number of nitrogens with two attached hydrogens (primary N) is 1. The highest BCUT2D eigenvalue weighted by Gasteiger charge is 2.29. The molecular weight excluding hydrogens is 280 g/mol. The van der Waals surface area contributed by atoms with Crippen LogP contribution in [0.3, 0.4) is 0 Å². The molecule has 1 aliphatic rings. The van der Waals surface area contributed by atoms with Crippen LogP contribution in [0.4, 0.5) is 5.82 Å². The number of nitrogens with one attached hydrogen (secondary N) is 1. The molecule has 0 bridgehead atoms. The number of nitrogens with zero attached hydrogens (tertiary/aromatic N) is 2. The maximum Gasteiger partial charge on any atom is 0.129 e. The van der Waals surface area contributed by atoms with Crippen molar-refractivity contribution in [3.05, 3.63) is 22.3 Å². The Morgan fingerprint density at radius 1 is 1.59 bits per heavy atom. The van der Waals surface area contributed by atoms with E-state index < -0.39 is 0 Å².